The van der Waals surface area contributed by atoms with Crippen LogP contribution in [-0.4, -0.2) is 13.4 Å². The fourth-order valence-corrected chi connectivity index (χ4v) is 2.69. The van der Waals surface area contributed by atoms with E-state index >= 15 is 0 Å². The molecule has 9 heteroatoms. The highest BCUT2D eigenvalue weighted by molar-refractivity contribution is 14.1. The average molecular weight is 369 g/mol. The molecule has 15 heavy (non-hydrogen) atoms. The summed E-state index contributed by atoms with van der Waals surface area (Å²) in [6, 6.07) is 1.15. The van der Waals surface area contributed by atoms with Gasteiger partial charge in [-0.15, -0.1) is 0 Å². The van der Waals surface area contributed by atoms with Crippen LogP contribution in [0, 0.1) is 3.70 Å². The van der Waals surface area contributed by atoms with Crippen molar-refractivity contribution in [2.75, 3.05) is 5.73 Å². The van der Waals surface area contributed by atoms with Crippen LogP contribution in [0.1, 0.15) is 12.0 Å². The Labute approximate surface area is 102 Å². The van der Waals surface area contributed by atoms with Crippen molar-refractivity contribution in [3.8, 4) is 0 Å². The molecule has 2 N–H and O–H groups in total. The lowest BCUT2D eigenvalue weighted by Gasteiger charge is -2.08. The maximum Gasteiger partial charge on any atom is 0.279 e. The van der Waals surface area contributed by atoms with Crippen molar-refractivity contribution >= 4 is 48.0 Å². The topological polar surface area (TPSA) is 73.0 Å². The van der Waals surface area contributed by atoms with Crippen LogP contribution in [0.2, 0.25) is 0 Å². The van der Waals surface area contributed by atoms with E-state index in [2.05, 4.69) is 4.98 Å². The molecule has 0 fully saturated rings. The Hall–Kier alpha value is -0.220. The predicted octanol–water partition coefficient (Wildman–Crippen LogP) is 2.13. The summed E-state index contributed by atoms with van der Waals surface area (Å²) in [7, 11) is 0.642. The molecular formula is C6H4ClF2IN2O2S. The SMILES string of the molecule is Nc1cc(I)nc(S(=O)(=O)Cl)c1C(F)F. The summed E-state index contributed by atoms with van der Waals surface area (Å²) in [5.41, 5.74) is 4.07. The van der Waals surface area contributed by atoms with Crippen molar-refractivity contribution in [2.24, 2.45) is 0 Å². The van der Waals surface area contributed by atoms with Crippen LogP contribution in [0.15, 0.2) is 11.1 Å². The Morgan fingerprint density at radius 3 is 2.47 bits per heavy atom. The van der Waals surface area contributed by atoms with E-state index in [1.165, 1.54) is 0 Å². The van der Waals surface area contributed by atoms with E-state index in [-0.39, 0.29) is 9.39 Å². The van der Waals surface area contributed by atoms with Crippen molar-refractivity contribution < 1.29 is 17.2 Å². The molecule has 0 atom stereocenters. The van der Waals surface area contributed by atoms with Crippen molar-refractivity contribution in [1.82, 2.24) is 4.98 Å². The first-order valence-corrected chi connectivity index (χ1v) is 6.81. The van der Waals surface area contributed by atoms with Gasteiger partial charge in [0.1, 0.15) is 3.70 Å². The second-order valence-electron chi connectivity index (χ2n) is 2.49. The number of nitrogens with zero attached hydrogens (tertiary/aromatic N) is 1. The molecule has 0 radical (unpaired) electrons. The molecule has 0 spiro atoms. The highest BCUT2D eigenvalue weighted by Gasteiger charge is 2.26. The Morgan fingerprint density at radius 2 is 2.07 bits per heavy atom. The lowest BCUT2D eigenvalue weighted by atomic mass is 10.2. The number of anilines is 1. The van der Waals surface area contributed by atoms with Crippen molar-refractivity contribution in [3.63, 3.8) is 0 Å². The quantitative estimate of drug-likeness (QED) is 0.493. The van der Waals surface area contributed by atoms with Gasteiger partial charge in [-0.1, -0.05) is 0 Å². The minimum atomic E-state index is -4.33. The molecule has 1 rings (SSSR count). The number of hydrogen-bond acceptors (Lipinski definition) is 4. The summed E-state index contributed by atoms with van der Waals surface area (Å²) >= 11 is 1.65. The number of nitrogens with two attached hydrogens (primary N) is 1. The summed E-state index contributed by atoms with van der Waals surface area (Å²) in [5, 5.41) is -0.886. The van der Waals surface area contributed by atoms with Gasteiger partial charge in [0, 0.05) is 16.4 Å². The number of rotatable bonds is 2. The number of halogens is 4. The molecule has 0 saturated carbocycles. The zero-order valence-electron chi connectivity index (χ0n) is 6.92. The summed E-state index contributed by atoms with van der Waals surface area (Å²) in [4.78, 5) is 3.43. The second-order valence-corrected chi connectivity index (χ2v) is 6.08. The largest absolute Gasteiger partial charge is 0.398 e. The lowest BCUT2D eigenvalue weighted by Crippen LogP contribution is -2.07. The third-order valence-corrected chi connectivity index (χ3v) is 3.24. The molecule has 1 aromatic rings. The molecule has 0 unspecified atom stereocenters. The maximum atomic E-state index is 12.5. The standard InChI is InChI=1S/C6H4ClF2IN2O2S/c7-15(13,14)6-4(5(8)9)2(11)1-3(10)12-6/h1,5H,(H2,11,12). The first-order chi connectivity index (χ1) is 6.73. The van der Waals surface area contributed by atoms with Gasteiger partial charge in [-0.3, -0.25) is 0 Å². The highest BCUT2D eigenvalue weighted by atomic mass is 127. The number of pyridine rings is 1. The van der Waals surface area contributed by atoms with Gasteiger partial charge in [-0.05, 0) is 28.7 Å². The van der Waals surface area contributed by atoms with Gasteiger partial charge in [0.25, 0.3) is 15.5 Å². The van der Waals surface area contributed by atoms with E-state index in [9.17, 15) is 17.2 Å². The zero-order valence-corrected chi connectivity index (χ0v) is 10.6. The summed E-state index contributed by atoms with van der Waals surface area (Å²) in [6.07, 6.45) is -3.04. The van der Waals surface area contributed by atoms with Crippen LogP contribution in [0.5, 0.6) is 0 Å². The normalized spacial score (nSPS) is 12.1. The van der Waals surface area contributed by atoms with Gasteiger partial charge >= 0.3 is 0 Å². The van der Waals surface area contributed by atoms with E-state index in [1.54, 1.807) is 22.6 Å². The van der Waals surface area contributed by atoms with Crippen LogP contribution in [0.3, 0.4) is 0 Å². The molecule has 0 saturated heterocycles. The van der Waals surface area contributed by atoms with E-state index in [0.29, 0.717) is 0 Å². The zero-order chi connectivity index (χ0) is 11.8. The van der Waals surface area contributed by atoms with Gasteiger partial charge in [-0.25, -0.2) is 22.2 Å². The molecular weight excluding hydrogens is 364 g/mol. The van der Waals surface area contributed by atoms with Crippen molar-refractivity contribution in [3.05, 3.63) is 15.3 Å². The molecule has 1 heterocycles. The van der Waals surface area contributed by atoms with E-state index < -0.39 is 26.1 Å². The summed E-state index contributed by atoms with van der Waals surface area (Å²) in [6.45, 7) is 0. The second kappa shape index (κ2) is 4.34. The molecule has 84 valence electrons. The van der Waals surface area contributed by atoms with Gasteiger partial charge in [-0.2, -0.15) is 0 Å². The fraction of sp³-hybridized carbons (Fsp3) is 0.167. The average Bonchev–Trinajstić information content (AvgIpc) is 1.99. The van der Waals surface area contributed by atoms with E-state index in [1.807, 2.05) is 0 Å². The monoisotopic (exact) mass is 368 g/mol. The number of nitrogen functional groups attached to an aromatic ring is 1. The minimum Gasteiger partial charge on any atom is -0.398 e. The molecule has 1 aromatic heterocycles. The Kier molecular flexibility index (Phi) is 3.71. The van der Waals surface area contributed by atoms with Crippen LogP contribution >= 0.6 is 33.3 Å². The molecule has 0 aliphatic rings. The Morgan fingerprint density at radius 1 is 1.53 bits per heavy atom. The fourth-order valence-electron chi connectivity index (χ4n) is 0.924. The molecule has 0 bridgehead atoms. The van der Waals surface area contributed by atoms with Gasteiger partial charge in [0.05, 0.1) is 5.56 Å². The summed E-state index contributed by atoms with van der Waals surface area (Å²) < 4.78 is 47.1. The molecule has 0 aromatic carbocycles. The van der Waals surface area contributed by atoms with E-state index in [4.69, 9.17) is 16.4 Å². The van der Waals surface area contributed by atoms with Crippen molar-refractivity contribution in [1.29, 1.82) is 0 Å². The molecule has 0 aliphatic heterocycles. The number of alkyl halides is 2. The van der Waals surface area contributed by atoms with Gasteiger partial charge in [0.2, 0.25) is 0 Å². The minimum absolute atomic E-state index is 0.175. The Bertz CT molecular complexity index is 494. The smallest absolute Gasteiger partial charge is 0.279 e. The summed E-state index contributed by atoms with van der Waals surface area (Å²) in [5.74, 6) is 0. The van der Waals surface area contributed by atoms with E-state index in [0.717, 1.165) is 6.07 Å². The Balaban J connectivity index is 3.62. The third kappa shape index (κ3) is 2.88. The highest BCUT2D eigenvalue weighted by Crippen LogP contribution is 2.32. The van der Waals surface area contributed by atoms with Crippen LogP contribution in [0.25, 0.3) is 0 Å². The molecule has 0 amide bonds. The predicted molar refractivity (Wildman–Crippen MR) is 59.4 cm³/mol. The first-order valence-electron chi connectivity index (χ1n) is 3.42. The molecule has 4 nitrogen and oxygen atoms in total. The third-order valence-electron chi connectivity index (χ3n) is 1.47. The van der Waals surface area contributed by atoms with Crippen LogP contribution in [0.4, 0.5) is 14.5 Å². The number of hydrogen-bond donors (Lipinski definition) is 1. The lowest BCUT2D eigenvalue weighted by molar-refractivity contribution is 0.148. The number of aromatic nitrogens is 1. The maximum absolute atomic E-state index is 12.5. The van der Waals surface area contributed by atoms with Gasteiger partial charge in [0.15, 0.2) is 5.03 Å². The van der Waals surface area contributed by atoms with Gasteiger partial charge < -0.3 is 5.73 Å². The van der Waals surface area contributed by atoms with Crippen LogP contribution in [-0.2, 0) is 9.05 Å². The molecule has 0 aliphatic carbocycles. The first kappa shape index (κ1) is 12.8. The van der Waals surface area contributed by atoms with Crippen LogP contribution < -0.4 is 5.73 Å². The van der Waals surface area contributed by atoms with Crippen molar-refractivity contribution in [2.45, 2.75) is 11.5 Å².